The molecule has 1 saturated carbocycles. The van der Waals surface area contributed by atoms with Crippen LogP contribution in [-0.2, 0) is 16.0 Å². The van der Waals surface area contributed by atoms with Gasteiger partial charge in [-0.05, 0) is 63.9 Å². The van der Waals surface area contributed by atoms with Crippen molar-refractivity contribution in [1.29, 1.82) is 0 Å². The molecule has 4 rings (SSSR count). The largest absolute Gasteiger partial charge is 0.445 e. The maximum absolute atomic E-state index is 13.4. The van der Waals surface area contributed by atoms with E-state index in [0.717, 1.165) is 30.7 Å². The molecule has 1 aromatic rings. The maximum atomic E-state index is 13.4. The Kier molecular flexibility index (Phi) is 10.0. The first-order valence-electron chi connectivity index (χ1n) is 14.4. The SMILES string of the molecule is C[C@H]1C[C@@H](OC(=O)N[C@@H](Cc2ccccc2)[C@H](O)CN2C[C@H]3CCCC[C@H]3C[C@H]2C(=O)NC(C)(C)C)CS1. The Bertz CT molecular complexity index is 924. The van der Waals surface area contributed by atoms with Crippen LogP contribution < -0.4 is 10.6 Å². The number of piperidine rings is 1. The number of alkyl carbamates (subject to hydrolysis) is 1. The lowest BCUT2D eigenvalue weighted by molar-refractivity contribution is -0.132. The molecule has 7 atom stereocenters. The summed E-state index contributed by atoms with van der Waals surface area (Å²) in [6.45, 7) is 9.31. The molecule has 0 bridgehead atoms. The lowest BCUT2D eigenvalue weighted by Gasteiger charge is -2.47. The van der Waals surface area contributed by atoms with Gasteiger partial charge in [0.1, 0.15) is 6.10 Å². The molecule has 38 heavy (non-hydrogen) atoms. The summed E-state index contributed by atoms with van der Waals surface area (Å²) in [5.41, 5.74) is 0.719. The number of thioether (sulfide) groups is 1. The van der Waals surface area contributed by atoms with Crippen LogP contribution in [0.25, 0.3) is 0 Å². The van der Waals surface area contributed by atoms with E-state index in [1.54, 1.807) is 0 Å². The van der Waals surface area contributed by atoms with Crippen LogP contribution in [0, 0.1) is 11.8 Å². The Morgan fingerprint density at radius 3 is 2.50 bits per heavy atom. The van der Waals surface area contributed by atoms with Crippen LogP contribution in [0.1, 0.15) is 71.8 Å². The van der Waals surface area contributed by atoms with Crippen molar-refractivity contribution in [3.63, 3.8) is 0 Å². The number of rotatable bonds is 8. The quantitative estimate of drug-likeness (QED) is 0.449. The Morgan fingerprint density at radius 1 is 1.13 bits per heavy atom. The molecule has 212 valence electrons. The molecule has 7 nitrogen and oxygen atoms in total. The highest BCUT2D eigenvalue weighted by Gasteiger charge is 2.42. The lowest BCUT2D eigenvalue weighted by Crippen LogP contribution is -2.60. The lowest BCUT2D eigenvalue weighted by atomic mass is 9.72. The number of carbonyl (C=O) groups excluding carboxylic acids is 2. The molecular weight excluding hydrogens is 498 g/mol. The average molecular weight is 546 g/mol. The molecular formula is C30H47N3O4S. The van der Waals surface area contributed by atoms with Crippen LogP contribution in [-0.4, -0.2) is 75.9 Å². The van der Waals surface area contributed by atoms with Crippen molar-refractivity contribution in [3.8, 4) is 0 Å². The Balaban J connectivity index is 1.47. The van der Waals surface area contributed by atoms with E-state index in [9.17, 15) is 14.7 Å². The minimum absolute atomic E-state index is 0.0357. The average Bonchev–Trinajstić information content (AvgIpc) is 3.26. The highest BCUT2D eigenvalue weighted by molar-refractivity contribution is 8.00. The number of hydrogen-bond acceptors (Lipinski definition) is 6. The summed E-state index contributed by atoms with van der Waals surface area (Å²) >= 11 is 1.82. The van der Waals surface area contributed by atoms with Gasteiger partial charge >= 0.3 is 6.09 Å². The molecule has 0 spiro atoms. The van der Waals surface area contributed by atoms with E-state index in [2.05, 4.69) is 22.5 Å². The second-order valence-electron chi connectivity index (χ2n) is 12.7. The maximum Gasteiger partial charge on any atom is 0.407 e. The smallest absolute Gasteiger partial charge is 0.407 e. The van der Waals surface area contributed by atoms with E-state index in [1.165, 1.54) is 25.7 Å². The van der Waals surface area contributed by atoms with Crippen LogP contribution in [0.4, 0.5) is 4.79 Å². The standard InChI is InChI=1S/C30H47N3O4S/c1-20-14-24(19-38-20)37-29(36)31-25(15-21-10-6-5-7-11-21)27(34)18-33-17-23-13-9-8-12-22(23)16-26(33)28(35)32-30(2,3)4/h5-7,10-11,20,22-27,34H,8-9,12-19H2,1-4H3,(H,31,36)(H,32,35)/t20-,22-,23+,24+,25-,26-,27+/m0/s1. The molecule has 2 amide bonds. The van der Waals surface area contributed by atoms with Gasteiger partial charge in [0.05, 0.1) is 18.2 Å². The van der Waals surface area contributed by atoms with Crippen LogP contribution in [0.3, 0.4) is 0 Å². The van der Waals surface area contributed by atoms with E-state index in [0.29, 0.717) is 30.1 Å². The zero-order chi connectivity index (χ0) is 27.3. The van der Waals surface area contributed by atoms with Crippen molar-refractivity contribution in [3.05, 3.63) is 35.9 Å². The van der Waals surface area contributed by atoms with Gasteiger partial charge in [0.25, 0.3) is 0 Å². The number of amides is 2. The Hall–Kier alpha value is -1.77. The zero-order valence-electron chi connectivity index (χ0n) is 23.5. The first kappa shape index (κ1) is 29.2. The fourth-order valence-electron chi connectivity index (χ4n) is 6.34. The van der Waals surface area contributed by atoms with Crippen molar-refractivity contribution < 1.29 is 19.4 Å². The summed E-state index contributed by atoms with van der Waals surface area (Å²) in [6.07, 6.45) is 5.59. The van der Waals surface area contributed by atoms with Crippen molar-refractivity contribution in [2.24, 2.45) is 11.8 Å². The van der Waals surface area contributed by atoms with Crippen LogP contribution in [0.5, 0.6) is 0 Å². The van der Waals surface area contributed by atoms with E-state index < -0.39 is 18.2 Å². The topological polar surface area (TPSA) is 90.9 Å². The van der Waals surface area contributed by atoms with E-state index >= 15 is 0 Å². The zero-order valence-corrected chi connectivity index (χ0v) is 24.3. The van der Waals surface area contributed by atoms with Gasteiger partial charge in [-0.15, -0.1) is 0 Å². The third kappa shape index (κ3) is 8.36. The third-order valence-electron chi connectivity index (χ3n) is 8.23. The highest BCUT2D eigenvalue weighted by Crippen LogP contribution is 2.39. The second kappa shape index (κ2) is 13.1. The number of nitrogens with zero attached hydrogens (tertiary/aromatic N) is 1. The minimum atomic E-state index is -0.843. The molecule has 2 aliphatic heterocycles. The monoisotopic (exact) mass is 545 g/mol. The van der Waals surface area contributed by atoms with Crippen molar-refractivity contribution in [1.82, 2.24) is 15.5 Å². The van der Waals surface area contributed by atoms with Gasteiger partial charge < -0.3 is 20.5 Å². The third-order valence-corrected chi connectivity index (χ3v) is 9.55. The van der Waals surface area contributed by atoms with Gasteiger partial charge in [0.15, 0.2) is 0 Å². The number of nitrogens with one attached hydrogen (secondary N) is 2. The highest BCUT2D eigenvalue weighted by atomic mass is 32.2. The molecule has 3 N–H and O–H groups in total. The van der Waals surface area contributed by atoms with Crippen molar-refractivity contribution in [2.75, 3.05) is 18.8 Å². The van der Waals surface area contributed by atoms with Gasteiger partial charge in [-0.3, -0.25) is 9.69 Å². The number of aliphatic hydroxyl groups is 1. The number of ether oxygens (including phenoxy) is 1. The summed E-state index contributed by atoms with van der Waals surface area (Å²) in [4.78, 5) is 28.5. The van der Waals surface area contributed by atoms with Gasteiger partial charge in [0, 0.05) is 29.6 Å². The van der Waals surface area contributed by atoms with Gasteiger partial charge in [0.2, 0.25) is 5.91 Å². The fraction of sp³-hybridized carbons (Fsp3) is 0.733. The Morgan fingerprint density at radius 2 is 1.84 bits per heavy atom. The summed E-state index contributed by atoms with van der Waals surface area (Å²) in [5, 5.41) is 18.2. The molecule has 2 heterocycles. The van der Waals surface area contributed by atoms with Crippen molar-refractivity contribution >= 4 is 23.8 Å². The molecule has 8 heteroatoms. The number of aliphatic hydroxyl groups excluding tert-OH is 1. The summed E-state index contributed by atoms with van der Waals surface area (Å²) in [6, 6.07) is 9.12. The number of fused-ring (bicyclic) bond motifs is 1. The van der Waals surface area contributed by atoms with Gasteiger partial charge in [-0.2, -0.15) is 11.8 Å². The van der Waals surface area contributed by atoms with E-state index in [-0.39, 0.29) is 23.6 Å². The van der Waals surface area contributed by atoms with E-state index in [1.807, 2.05) is 62.9 Å². The molecule has 3 aliphatic rings. The normalized spacial score (nSPS) is 29.7. The van der Waals surface area contributed by atoms with E-state index in [4.69, 9.17) is 4.74 Å². The summed E-state index contributed by atoms with van der Waals surface area (Å²) < 4.78 is 5.72. The van der Waals surface area contributed by atoms with Gasteiger partial charge in [-0.1, -0.05) is 56.5 Å². The number of β-amino-alcohol motifs (C(OH)–C–C–N with tert-alkyl or cyclic N) is 1. The van der Waals surface area contributed by atoms with Crippen molar-refractivity contribution in [2.45, 2.75) is 108 Å². The number of hydrogen-bond donors (Lipinski definition) is 3. The van der Waals surface area contributed by atoms with Gasteiger partial charge in [-0.25, -0.2) is 4.79 Å². The molecule has 1 aromatic carbocycles. The van der Waals surface area contributed by atoms with Crippen LogP contribution >= 0.6 is 11.8 Å². The molecule has 0 radical (unpaired) electrons. The number of carbonyl (C=O) groups is 2. The fourth-order valence-corrected chi connectivity index (χ4v) is 7.44. The second-order valence-corrected chi connectivity index (χ2v) is 14.1. The molecule has 2 saturated heterocycles. The first-order valence-corrected chi connectivity index (χ1v) is 15.5. The molecule has 0 unspecified atom stereocenters. The summed E-state index contributed by atoms with van der Waals surface area (Å²) in [7, 11) is 0. The minimum Gasteiger partial charge on any atom is -0.445 e. The molecule has 3 fully saturated rings. The first-order chi connectivity index (χ1) is 18.1. The van der Waals surface area contributed by atoms with Crippen LogP contribution in [0.15, 0.2) is 30.3 Å². The number of benzene rings is 1. The molecule has 0 aromatic heterocycles. The molecule has 1 aliphatic carbocycles. The predicted octanol–water partition coefficient (Wildman–Crippen LogP) is 4.37. The summed E-state index contributed by atoms with van der Waals surface area (Å²) in [5.74, 6) is 1.96. The predicted molar refractivity (Wildman–Crippen MR) is 153 cm³/mol. The van der Waals surface area contributed by atoms with Crippen LogP contribution in [0.2, 0.25) is 0 Å². The Labute approximate surface area is 232 Å². The number of likely N-dealkylation sites (tertiary alicyclic amines) is 1.